The summed E-state index contributed by atoms with van der Waals surface area (Å²) >= 11 is 3.18. The van der Waals surface area contributed by atoms with E-state index in [0.717, 1.165) is 21.3 Å². The molecule has 10 heteroatoms. The Morgan fingerprint density at radius 1 is 1.12 bits per heavy atom. The molecule has 0 bridgehead atoms. The van der Waals surface area contributed by atoms with E-state index in [0.29, 0.717) is 32.0 Å². The lowest BCUT2D eigenvalue weighted by Gasteiger charge is -2.36. The van der Waals surface area contributed by atoms with Crippen LogP contribution in [0.4, 0.5) is 16.3 Å². The van der Waals surface area contributed by atoms with Crippen LogP contribution in [0.2, 0.25) is 0 Å². The van der Waals surface area contributed by atoms with Gasteiger partial charge in [0, 0.05) is 31.6 Å². The van der Waals surface area contributed by atoms with Crippen molar-refractivity contribution in [3.05, 3.63) is 46.9 Å². The molecule has 0 atom stereocenters. The van der Waals surface area contributed by atoms with Crippen LogP contribution in [-0.2, 0) is 16.0 Å². The monoisotopic (exact) mass is 485 g/mol. The molecule has 3 aromatic rings. The first-order valence-corrected chi connectivity index (χ1v) is 12.5. The molecule has 1 N–H and O–H groups in total. The predicted molar refractivity (Wildman–Crippen MR) is 132 cm³/mol. The van der Waals surface area contributed by atoms with Gasteiger partial charge in [0.15, 0.2) is 0 Å². The summed E-state index contributed by atoms with van der Waals surface area (Å²) in [4.78, 5) is 38.6. The Morgan fingerprint density at radius 2 is 1.91 bits per heavy atom. The van der Waals surface area contributed by atoms with Crippen molar-refractivity contribution in [2.24, 2.45) is 0 Å². The number of ether oxygens (including phenoxy) is 1. The highest BCUT2D eigenvalue weighted by molar-refractivity contribution is 7.20. The smallest absolute Gasteiger partial charge is 0.410 e. The first kappa shape index (κ1) is 23.2. The highest BCUT2D eigenvalue weighted by atomic mass is 32.1. The number of nitrogens with zero attached hydrogens (tertiary/aromatic N) is 4. The Bertz CT molecular complexity index is 1080. The molecule has 0 aromatic carbocycles. The minimum Gasteiger partial charge on any atom is -0.444 e. The molecule has 4 rings (SSSR count). The van der Waals surface area contributed by atoms with Crippen molar-refractivity contribution in [2.45, 2.75) is 32.8 Å². The van der Waals surface area contributed by atoms with Crippen LogP contribution in [0.1, 0.15) is 26.5 Å². The van der Waals surface area contributed by atoms with Crippen LogP contribution in [0.15, 0.2) is 41.2 Å². The zero-order valence-electron chi connectivity index (χ0n) is 18.9. The molecule has 0 spiro atoms. The van der Waals surface area contributed by atoms with Crippen LogP contribution in [0.3, 0.4) is 0 Å². The van der Waals surface area contributed by atoms with Crippen molar-refractivity contribution < 1.29 is 14.3 Å². The number of amides is 2. The Morgan fingerprint density at radius 3 is 2.55 bits per heavy atom. The number of pyridine rings is 1. The molecule has 2 amide bonds. The van der Waals surface area contributed by atoms with E-state index in [2.05, 4.69) is 20.2 Å². The average Bonchev–Trinajstić information content (AvgIpc) is 3.45. The van der Waals surface area contributed by atoms with Crippen LogP contribution >= 0.6 is 22.7 Å². The van der Waals surface area contributed by atoms with Crippen molar-refractivity contribution in [3.8, 4) is 9.88 Å². The normalized spacial score (nSPS) is 14.3. The summed E-state index contributed by atoms with van der Waals surface area (Å²) in [5, 5.41) is 7.70. The molecule has 0 unspecified atom stereocenters. The minimum absolute atomic E-state index is 0.149. The lowest BCUT2D eigenvalue weighted by molar-refractivity contribution is -0.115. The third kappa shape index (κ3) is 6.29. The van der Waals surface area contributed by atoms with Gasteiger partial charge in [0.2, 0.25) is 5.91 Å². The van der Waals surface area contributed by atoms with Crippen molar-refractivity contribution in [1.82, 2.24) is 14.9 Å². The highest BCUT2D eigenvalue weighted by Crippen LogP contribution is 2.28. The van der Waals surface area contributed by atoms with E-state index in [1.165, 1.54) is 0 Å². The van der Waals surface area contributed by atoms with Crippen LogP contribution in [0.5, 0.6) is 0 Å². The van der Waals surface area contributed by atoms with Gasteiger partial charge >= 0.3 is 6.09 Å². The Labute approximate surface area is 201 Å². The van der Waals surface area contributed by atoms with E-state index in [1.54, 1.807) is 39.8 Å². The highest BCUT2D eigenvalue weighted by Gasteiger charge is 2.26. The summed E-state index contributed by atoms with van der Waals surface area (Å²) in [5.41, 5.74) is 1.21. The second-order valence-corrected chi connectivity index (χ2v) is 10.5. The first-order chi connectivity index (χ1) is 15.8. The third-order valence-corrected chi connectivity index (χ3v) is 6.87. The van der Waals surface area contributed by atoms with E-state index >= 15 is 0 Å². The predicted octanol–water partition coefficient (Wildman–Crippen LogP) is 4.50. The number of hydrogen-bond acceptors (Lipinski definition) is 8. The minimum atomic E-state index is -0.496. The van der Waals surface area contributed by atoms with Crippen LogP contribution in [0.25, 0.3) is 9.88 Å². The van der Waals surface area contributed by atoms with Crippen LogP contribution < -0.4 is 10.2 Å². The van der Waals surface area contributed by atoms with Gasteiger partial charge < -0.3 is 19.9 Å². The largest absolute Gasteiger partial charge is 0.444 e. The summed E-state index contributed by atoms with van der Waals surface area (Å²) < 4.78 is 5.45. The lowest BCUT2D eigenvalue weighted by Crippen LogP contribution is -2.50. The first-order valence-electron chi connectivity index (χ1n) is 10.7. The van der Waals surface area contributed by atoms with Gasteiger partial charge in [-0.3, -0.25) is 4.79 Å². The van der Waals surface area contributed by atoms with Crippen molar-refractivity contribution >= 4 is 46.2 Å². The molecule has 8 nitrogen and oxygen atoms in total. The summed E-state index contributed by atoms with van der Waals surface area (Å²) in [6.45, 7) is 8.18. The van der Waals surface area contributed by atoms with Crippen molar-refractivity contribution in [2.75, 3.05) is 36.4 Å². The molecule has 4 heterocycles. The van der Waals surface area contributed by atoms with E-state index in [9.17, 15) is 9.59 Å². The van der Waals surface area contributed by atoms with Gasteiger partial charge in [-0.1, -0.05) is 6.07 Å². The number of thiazole rings is 1. The average molecular weight is 486 g/mol. The van der Waals surface area contributed by atoms with Gasteiger partial charge in [-0.25, -0.2) is 14.8 Å². The number of thiophene rings is 1. The third-order valence-electron chi connectivity index (χ3n) is 4.94. The number of aromatic nitrogens is 2. The number of carbonyl (C=O) groups is 2. The SMILES string of the molecule is CC(C)(C)OC(=O)N1CCN(c2ccc(NC(=O)Cc3csc(-c4cccs4)n3)nc2)CC1. The molecule has 33 heavy (non-hydrogen) atoms. The van der Waals surface area contributed by atoms with Gasteiger partial charge in [-0.05, 0) is 44.4 Å². The van der Waals surface area contributed by atoms with Gasteiger partial charge in [-0.15, -0.1) is 22.7 Å². The van der Waals surface area contributed by atoms with Crippen LogP contribution in [-0.4, -0.2) is 58.6 Å². The molecule has 1 fully saturated rings. The zero-order chi connectivity index (χ0) is 23.4. The Kier molecular flexibility index (Phi) is 6.94. The summed E-state index contributed by atoms with van der Waals surface area (Å²) in [6, 6.07) is 7.75. The Hall–Kier alpha value is -2.98. The topological polar surface area (TPSA) is 87.7 Å². The standard InChI is InChI=1S/C23H27N5O3S2/c1-23(2,3)31-22(30)28-10-8-27(9-11-28)17-6-7-19(24-14-17)26-20(29)13-16-15-33-21(25-16)18-5-4-12-32-18/h4-7,12,14-15H,8-11,13H2,1-3H3,(H,24,26,29). The number of hydrogen-bond donors (Lipinski definition) is 1. The van der Waals surface area contributed by atoms with Gasteiger partial charge in [0.05, 0.1) is 28.9 Å². The maximum absolute atomic E-state index is 12.4. The zero-order valence-corrected chi connectivity index (χ0v) is 20.5. The van der Waals surface area contributed by atoms with Crippen molar-refractivity contribution in [1.29, 1.82) is 0 Å². The molecule has 1 aliphatic heterocycles. The second-order valence-electron chi connectivity index (χ2n) is 8.70. The fourth-order valence-corrected chi connectivity index (χ4v) is 5.01. The number of piperazine rings is 1. The quantitative estimate of drug-likeness (QED) is 0.572. The summed E-state index contributed by atoms with van der Waals surface area (Å²) in [6.07, 6.45) is 1.68. The summed E-state index contributed by atoms with van der Waals surface area (Å²) in [7, 11) is 0. The number of rotatable bonds is 5. The van der Waals surface area contributed by atoms with Crippen LogP contribution in [0, 0.1) is 0 Å². The van der Waals surface area contributed by atoms with Gasteiger partial charge in [-0.2, -0.15) is 0 Å². The van der Waals surface area contributed by atoms with E-state index in [4.69, 9.17) is 4.74 Å². The number of carbonyl (C=O) groups excluding carboxylic acids is 2. The molecular weight excluding hydrogens is 458 g/mol. The van der Waals surface area contributed by atoms with E-state index in [1.807, 2.05) is 49.7 Å². The van der Waals surface area contributed by atoms with Gasteiger partial charge in [0.25, 0.3) is 0 Å². The Balaban J connectivity index is 1.26. The molecule has 1 aliphatic rings. The molecule has 174 valence electrons. The number of anilines is 2. The van der Waals surface area contributed by atoms with E-state index < -0.39 is 5.60 Å². The number of nitrogens with one attached hydrogen (secondary N) is 1. The second kappa shape index (κ2) is 9.88. The molecule has 0 radical (unpaired) electrons. The lowest BCUT2D eigenvalue weighted by atomic mass is 10.2. The summed E-state index contributed by atoms with van der Waals surface area (Å²) in [5.74, 6) is 0.356. The maximum Gasteiger partial charge on any atom is 0.410 e. The fourth-order valence-electron chi connectivity index (χ4n) is 3.37. The molecular formula is C23H27N5O3S2. The fraction of sp³-hybridized carbons (Fsp3) is 0.391. The van der Waals surface area contributed by atoms with Crippen molar-refractivity contribution in [3.63, 3.8) is 0 Å². The molecule has 1 saturated heterocycles. The molecule has 0 saturated carbocycles. The molecule has 0 aliphatic carbocycles. The molecule has 3 aromatic heterocycles. The van der Waals surface area contributed by atoms with Gasteiger partial charge in [0.1, 0.15) is 16.4 Å². The van der Waals surface area contributed by atoms with E-state index in [-0.39, 0.29) is 18.4 Å². The maximum atomic E-state index is 12.4.